The number of ether oxygens (including phenoxy) is 1. The lowest BCUT2D eigenvalue weighted by Crippen LogP contribution is -2.39. The SMILES string of the molecule is Cc1ccc(Cn2c(OC3CCCC3)nc3c2c(=O)n(CCCO)c(=O)n3C)cc1. The summed E-state index contributed by atoms with van der Waals surface area (Å²) < 4.78 is 10.6. The first-order valence-electron chi connectivity index (χ1n) is 10.5. The zero-order chi connectivity index (χ0) is 21.3. The lowest BCUT2D eigenvalue weighted by atomic mass is 10.1. The van der Waals surface area contributed by atoms with E-state index in [0.717, 1.165) is 36.8 Å². The Kier molecular flexibility index (Phi) is 5.76. The van der Waals surface area contributed by atoms with Crippen molar-refractivity contribution < 1.29 is 9.84 Å². The van der Waals surface area contributed by atoms with Gasteiger partial charge in [0.25, 0.3) is 11.6 Å². The summed E-state index contributed by atoms with van der Waals surface area (Å²) in [6, 6.07) is 8.48. The van der Waals surface area contributed by atoms with Gasteiger partial charge in [0.15, 0.2) is 11.2 Å². The standard InChI is InChI=1S/C22H28N4O4/c1-15-8-10-16(11-9-15)14-26-18-19(23-21(26)30-17-6-3-4-7-17)24(2)22(29)25(20(18)28)12-5-13-27/h8-11,17,27H,3-7,12-14H2,1-2H3. The lowest BCUT2D eigenvalue weighted by Gasteiger charge is -2.14. The predicted octanol–water partition coefficient (Wildman–Crippen LogP) is 1.96. The molecule has 160 valence electrons. The van der Waals surface area contributed by atoms with Gasteiger partial charge in [-0.05, 0) is 44.6 Å². The van der Waals surface area contributed by atoms with E-state index < -0.39 is 11.2 Å². The molecule has 0 saturated heterocycles. The molecule has 0 radical (unpaired) electrons. The van der Waals surface area contributed by atoms with Crippen molar-refractivity contribution in [1.82, 2.24) is 18.7 Å². The fraction of sp³-hybridized carbons (Fsp3) is 0.500. The van der Waals surface area contributed by atoms with Crippen LogP contribution in [0.4, 0.5) is 0 Å². The molecule has 1 aromatic carbocycles. The summed E-state index contributed by atoms with van der Waals surface area (Å²) >= 11 is 0. The highest BCUT2D eigenvalue weighted by Crippen LogP contribution is 2.26. The second kappa shape index (κ2) is 8.47. The number of imidazole rings is 1. The maximum Gasteiger partial charge on any atom is 0.332 e. The van der Waals surface area contributed by atoms with Crippen LogP contribution in [0.2, 0.25) is 0 Å². The number of hydrogen-bond acceptors (Lipinski definition) is 5. The average Bonchev–Trinajstić information content (AvgIpc) is 3.37. The number of rotatable bonds is 7. The van der Waals surface area contributed by atoms with Crippen LogP contribution in [-0.4, -0.2) is 36.5 Å². The maximum atomic E-state index is 13.3. The van der Waals surface area contributed by atoms with Crippen molar-refractivity contribution >= 4 is 11.2 Å². The summed E-state index contributed by atoms with van der Waals surface area (Å²) in [4.78, 5) is 30.6. The van der Waals surface area contributed by atoms with Gasteiger partial charge in [-0.15, -0.1) is 0 Å². The quantitative estimate of drug-likeness (QED) is 0.641. The first kappa shape index (κ1) is 20.4. The van der Waals surface area contributed by atoms with Gasteiger partial charge in [0.1, 0.15) is 6.10 Å². The van der Waals surface area contributed by atoms with E-state index in [-0.39, 0.29) is 19.3 Å². The van der Waals surface area contributed by atoms with Crippen molar-refractivity contribution in [3.8, 4) is 6.01 Å². The van der Waals surface area contributed by atoms with E-state index in [4.69, 9.17) is 9.84 Å². The molecule has 4 rings (SSSR count). The van der Waals surface area contributed by atoms with Crippen LogP contribution in [0.1, 0.15) is 43.2 Å². The molecule has 1 aliphatic carbocycles. The van der Waals surface area contributed by atoms with Crippen molar-refractivity contribution in [3.63, 3.8) is 0 Å². The second-order valence-corrected chi connectivity index (χ2v) is 8.04. The van der Waals surface area contributed by atoms with E-state index in [1.165, 1.54) is 9.13 Å². The average molecular weight is 412 g/mol. The minimum atomic E-state index is -0.437. The first-order valence-corrected chi connectivity index (χ1v) is 10.5. The molecule has 1 fully saturated rings. The zero-order valence-corrected chi connectivity index (χ0v) is 17.5. The Hall–Kier alpha value is -2.87. The number of aliphatic hydroxyl groups excluding tert-OH is 1. The van der Waals surface area contributed by atoms with Crippen LogP contribution in [0.15, 0.2) is 33.9 Å². The van der Waals surface area contributed by atoms with Gasteiger partial charge < -0.3 is 9.84 Å². The molecule has 0 spiro atoms. The summed E-state index contributed by atoms with van der Waals surface area (Å²) in [6.45, 7) is 2.52. The van der Waals surface area contributed by atoms with Gasteiger partial charge >= 0.3 is 5.69 Å². The topological polar surface area (TPSA) is 91.3 Å². The van der Waals surface area contributed by atoms with Crippen LogP contribution in [-0.2, 0) is 20.1 Å². The third-order valence-corrected chi connectivity index (χ3v) is 5.77. The van der Waals surface area contributed by atoms with Crippen LogP contribution >= 0.6 is 0 Å². The number of hydrogen-bond donors (Lipinski definition) is 1. The molecule has 2 heterocycles. The number of nitrogens with zero attached hydrogens (tertiary/aromatic N) is 4. The molecule has 0 aliphatic heterocycles. The summed E-state index contributed by atoms with van der Waals surface area (Å²) in [5.74, 6) is 0. The minimum Gasteiger partial charge on any atom is -0.461 e. The van der Waals surface area contributed by atoms with Crippen LogP contribution < -0.4 is 16.0 Å². The van der Waals surface area contributed by atoms with Crippen LogP contribution in [0, 0.1) is 6.92 Å². The molecule has 1 saturated carbocycles. The summed E-state index contributed by atoms with van der Waals surface area (Å²) in [5, 5.41) is 9.17. The number of aliphatic hydroxyl groups is 1. The third kappa shape index (κ3) is 3.79. The Morgan fingerprint density at radius 1 is 1.13 bits per heavy atom. The number of aromatic nitrogens is 4. The van der Waals surface area contributed by atoms with Crippen LogP contribution in [0.25, 0.3) is 11.2 Å². The van der Waals surface area contributed by atoms with Crippen molar-refractivity contribution in [2.45, 2.75) is 58.2 Å². The maximum absolute atomic E-state index is 13.3. The summed E-state index contributed by atoms with van der Waals surface area (Å²) in [5.41, 5.74) is 2.02. The molecular formula is C22H28N4O4. The number of fused-ring (bicyclic) bond motifs is 1. The van der Waals surface area contributed by atoms with Gasteiger partial charge in [0.2, 0.25) is 0 Å². The summed E-state index contributed by atoms with van der Waals surface area (Å²) in [6.07, 6.45) is 4.58. The number of aryl methyl sites for hydroxylation is 2. The highest BCUT2D eigenvalue weighted by atomic mass is 16.5. The second-order valence-electron chi connectivity index (χ2n) is 8.04. The normalized spacial score (nSPS) is 14.6. The molecule has 30 heavy (non-hydrogen) atoms. The molecule has 0 unspecified atom stereocenters. The molecule has 1 aliphatic rings. The van der Waals surface area contributed by atoms with E-state index in [2.05, 4.69) is 4.98 Å². The van der Waals surface area contributed by atoms with Gasteiger partial charge in [-0.3, -0.25) is 18.5 Å². The van der Waals surface area contributed by atoms with Crippen molar-refractivity contribution in [2.75, 3.05) is 6.61 Å². The van der Waals surface area contributed by atoms with Gasteiger partial charge in [-0.1, -0.05) is 29.8 Å². The van der Waals surface area contributed by atoms with E-state index in [9.17, 15) is 9.59 Å². The molecule has 8 heteroatoms. The fourth-order valence-electron chi connectivity index (χ4n) is 4.05. The van der Waals surface area contributed by atoms with Gasteiger partial charge in [0.05, 0.1) is 6.54 Å². The van der Waals surface area contributed by atoms with E-state index >= 15 is 0 Å². The molecule has 2 aromatic heterocycles. The van der Waals surface area contributed by atoms with Crippen LogP contribution in [0.5, 0.6) is 6.01 Å². The van der Waals surface area contributed by atoms with Crippen molar-refractivity contribution in [3.05, 3.63) is 56.2 Å². The predicted molar refractivity (Wildman–Crippen MR) is 114 cm³/mol. The summed E-state index contributed by atoms with van der Waals surface area (Å²) in [7, 11) is 1.61. The largest absolute Gasteiger partial charge is 0.461 e. The van der Waals surface area contributed by atoms with Gasteiger partial charge in [0, 0.05) is 20.2 Å². The van der Waals surface area contributed by atoms with E-state index in [0.29, 0.717) is 30.1 Å². The molecule has 0 bridgehead atoms. The van der Waals surface area contributed by atoms with Crippen molar-refractivity contribution in [1.29, 1.82) is 0 Å². The highest BCUT2D eigenvalue weighted by Gasteiger charge is 2.24. The minimum absolute atomic E-state index is 0.0761. The monoisotopic (exact) mass is 412 g/mol. The Balaban J connectivity index is 1.88. The first-order chi connectivity index (χ1) is 14.5. The Bertz CT molecular complexity index is 1150. The van der Waals surface area contributed by atoms with E-state index in [1.54, 1.807) is 11.6 Å². The Labute approximate surface area is 174 Å². The smallest absolute Gasteiger partial charge is 0.332 e. The molecule has 1 N–H and O–H groups in total. The highest BCUT2D eigenvalue weighted by molar-refractivity contribution is 5.72. The zero-order valence-electron chi connectivity index (χ0n) is 17.5. The fourth-order valence-corrected chi connectivity index (χ4v) is 4.05. The van der Waals surface area contributed by atoms with Crippen molar-refractivity contribution in [2.24, 2.45) is 7.05 Å². The molecule has 3 aromatic rings. The number of benzene rings is 1. The molecule has 0 amide bonds. The van der Waals surface area contributed by atoms with Gasteiger partial charge in [-0.2, -0.15) is 4.98 Å². The van der Waals surface area contributed by atoms with Crippen LogP contribution in [0.3, 0.4) is 0 Å². The van der Waals surface area contributed by atoms with E-state index in [1.807, 2.05) is 31.2 Å². The molecule has 0 atom stereocenters. The molecular weight excluding hydrogens is 384 g/mol. The Morgan fingerprint density at radius 3 is 2.50 bits per heavy atom. The van der Waals surface area contributed by atoms with Gasteiger partial charge in [-0.25, -0.2) is 4.79 Å². The lowest BCUT2D eigenvalue weighted by molar-refractivity contribution is 0.186. The Morgan fingerprint density at radius 2 is 1.83 bits per heavy atom. The molecule has 8 nitrogen and oxygen atoms in total. The third-order valence-electron chi connectivity index (χ3n) is 5.77.